The number of benzene rings is 2. The van der Waals surface area contributed by atoms with E-state index in [1.165, 1.54) is 12.3 Å². The Balaban J connectivity index is 1.60. The van der Waals surface area contributed by atoms with Crippen LogP contribution in [0.4, 0.5) is 16.0 Å². The molecule has 1 heterocycles. The zero-order valence-electron chi connectivity index (χ0n) is 14.4. The number of nitrogens with zero attached hydrogens (tertiary/aromatic N) is 2. The lowest BCUT2D eigenvalue weighted by Gasteiger charge is -2.08. The first-order chi connectivity index (χ1) is 12.6. The molecule has 3 aromatic rings. The van der Waals surface area contributed by atoms with Crippen LogP contribution in [-0.2, 0) is 6.42 Å². The third-order valence-electron chi connectivity index (χ3n) is 3.80. The SMILES string of the molecule is Cc1cccc(Nc2nccc(C(=O)NCCc3ccccc3F)n2)c1. The number of anilines is 2. The Kier molecular flexibility index (Phi) is 5.53. The summed E-state index contributed by atoms with van der Waals surface area (Å²) in [6.07, 6.45) is 1.94. The van der Waals surface area contributed by atoms with Crippen molar-refractivity contribution in [1.29, 1.82) is 0 Å². The molecule has 2 aromatic carbocycles. The van der Waals surface area contributed by atoms with Crippen LogP contribution in [0.1, 0.15) is 21.6 Å². The van der Waals surface area contributed by atoms with Crippen molar-refractivity contribution < 1.29 is 9.18 Å². The summed E-state index contributed by atoms with van der Waals surface area (Å²) in [7, 11) is 0. The average molecular weight is 350 g/mol. The Morgan fingerprint density at radius 2 is 1.96 bits per heavy atom. The average Bonchev–Trinajstić information content (AvgIpc) is 2.63. The number of carbonyl (C=O) groups excluding carboxylic acids is 1. The molecule has 0 aliphatic rings. The van der Waals surface area contributed by atoms with E-state index in [1.54, 1.807) is 24.3 Å². The molecule has 1 amide bonds. The van der Waals surface area contributed by atoms with E-state index in [4.69, 9.17) is 0 Å². The van der Waals surface area contributed by atoms with Gasteiger partial charge in [-0.25, -0.2) is 14.4 Å². The predicted octanol–water partition coefficient (Wildman–Crippen LogP) is 3.64. The Morgan fingerprint density at radius 3 is 2.77 bits per heavy atom. The van der Waals surface area contributed by atoms with Crippen LogP contribution in [0.2, 0.25) is 0 Å². The van der Waals surface area contributed by atoms with Crippen LogP contribution in [0.25, 0.3) is 0 Å². The van der Waals surface area contributed by atoms with Crippen molar-refractivity contribution in [3.8, 4) is 0 Å². The van der Waals surface area contributed by atoms with Crippen LogP contribution in [0.15, 0.2) is 60.8 Å². The molecule has 0 radical (unpaired) electrons. The van der Waals surface area contributed by atoms with Gasteiger partial charge in [-0.05, 0) is 48.7 Å². The summed E-state index contributed by atoms with van der Waals surface area (Å²) in [4.78, 5) is 20.6. The summed E-state index contributed by atoms with van der Waals surface area (Å²) in [5.41, 5.74) is 2.78. The van der Waals surface area contributed by atoms with Gasteiger partial charge in [0.25, 0.3) is 5.91 Å². The van der Waals surface area contributed by atoms with Crippen LogP contribution in [0.5, 0.6) is 0 Å². The summed E-state index contributed by atoms with van der Waals surface area (Å²) in [5, 5.41) is 5.83. The second-order valence-electron chi connectivity index (χ2n) is 5.86. The molecule has 5 nitrogen and oxygen atoms in total. The van der Waals surface area contributed by atoms with Gasteiger partial charge in [0.15, 0.2) is 0 Å². The number of carbonyl (C=O) groups is 1. The number of hydrogen-bond donors (Lipinski definition) is 2. The molecule has 0 saturated carbocycles. The molecule has 0 bridgehead atoms. The molecule has 26 heavy (non-hydrogen) atoms. The minimum Gasteiger partial charge on any atom is -0.350 e. The second kappa shape index (κ2) is 8.20. The van der Waals surface area contributed by atoms with Gasteiger partial charge in [0.1, 0.15) is 11.5 Å². The van der Waals surface area contributed by atoms with Gasteiger partial charge in [0, 0.05) is 18.4 Å². The topological polar surface area (TPSA) is 66.9 Å². The van der Waals surface area contributed by atoms with E-state index in [0.29, 0.717) is 24.5 Å². The van der Waals surface area contributed by atoms with Crippen LogP contribution in [0.3, 0.4) is 0 Å². The molecule has 2 N–H and O–H groups in total. The minimum atomic E-state index is -0.323. The van der Waals surface area contributed by atoms with Gasteiger partial charge in [-0.15, -0.1) is 0 Å². The molecule has 0 unspecified atom stereocenters. The zero-order valence-corrected chi connectivity index (χ0v) is 14.4. The van der Waals surface area contributed by atoms with Gasteiger partial charge < -0.3 is 10.6 Å². The van der Waals surface area contributed by atoms with Crippen molar-refractivity contribution >= 4 is 17.5 Å². The van der Waals surface area contributed by atoms with Gasteiger partial charge in [0.05, 0.1) is 0 Å². The fraction of sp³-hybridized carbons (Fsp3) is 0.150. The van der Waals surface area contributed by atoms with E-state index < -0.39 is 0 Å². The molecule has 0 spiro atoms. The highest BCUT2D eigenvalue weighted by Gasteiger charge is 2.09. The van der Waals surface area contributed by atoms with Crippen LogP contribution in [0, 0.1) is 12.7 Å². The molecule has 132 valence electrons. The first kappa shape index (κ1) is 17.5. The summed E-state index contributed by atoms with van der Waals surface area (Å²) in [6, 6.07) is 15.8. The molecule has 0 aliphatic carbocycles. The molecular formula is C20H19FN4O. The highest BCUT2D eigenvalue weighted by atomic mass is 19.1. The summed E-state index contributed by atoms with van der Waals surface area (Å²) < 4.78 is 13.6. The van der Waals surface area contributed by atoms with Crippen molar-refractivity contribution in [3.05, 3.63) is 83.4 Å². The fourth-order valence-corrected chi connectivity index (χ4v) is 2.50. The van der Waals surface area contributed by atoms with Crippen molar-refractivity contribution in [2.45, 2.75) is 13.3 Å². The van der Waals surface area contributed by atoms with Gasteiger partial charge >= 0.3 is 0 Å². The van der Waals surface area contributed by atoms with Gasteiger partial charge in [-0.1, -0.05) is 30.3 Å². The van der Waals surface area contributed by atoms with E-state index in [9.17, 15) is 9.18 Å². The Hall–Kier alpha value is -3.28. The third kappa shape index (κ3) is 4.63. The second-order valence-corrected chi connectivity index (χ2v) is 5.86. The highest BCUT2D eigenvalue weighted by Crippen LogP contribution is 2.14. The normalized spacial score (nSPS) is 10.4. The Morgan fingerprint density at radius 1 is 1.12 bits per heavy atom. The third-order valence-corrected chi connectivity index (χ3v) is 3.80. The Bertz CT molecular complexity index is 914. The molecule has 0 atom stereocenters. The number of rotatable bonds is 6. The molecule has 6 heteroatoms. The number of aromatic nitrogens is 2. The lowest BCUT2D eigenvalue weighted by molar-refractivity contribution is 0.0949. The van der Waals surface area contributed by atoms with Gasteiger partial charge in [-0.3, -0.25) is 4.79 Å². The van der Waals surface area contributed by atoms with E-state index in [2.05, 4.69) is 20.6 Å². The highest BCUT2D eigenvalue weighted by molar-refractivity contribution is 5.92. The van der Waals surface area contributed by atoms with E-state index in [0.717, 1.165) is 11.3 Å². The van der Waals surface area contributed by atoms with Crippen molar-refractivity contribution in [2.75, 3.05) is 11.9 Å². The number of aryl methyl sites for hydroxylation is 1. The molecular weight excluding hydrogens is 331 g/mol. The van der Waals surface area contributed by atoms with Crippen LogP contribution >= 0.6 is 0 Å². The summed E-state index contributed by atoms with van der Waals surface area (Å²) in [5.74, 6) is -0.248. The quantitative estimate of drug-likeness (QED) is 0.712. The maximum Gasteiger partial charge on any atom is 0.270 e. The largest absolute Gasteiger partial charge is 0.350 e. The molecule has 0 saturated heterocycles. The number of halogens is 1. The standard InChI is InChI=1S/C20H19FN4O/c1-14-5-4-7-16(13-14)24-20-23-12-10-18(25-20)19(26)22-11-9-15-6-2-3-8-17(15)21/h2-8,10,12-13H,9,11H2,1H3,(H,22,26)(H,23,24,25). The first-order valence-corrected chi connectivity index (χ1v) is 8.30. The predicted molar refractivity (Wildman–Crippen MR) is 98.9 cm³/mol. The Labute approximate surface area is 151 Å². The minimum absolute atomic E-state index is 0.253. The van der Waals surface area contributed by atoms with Crippen molar-refractivity contribution in [3.63, 3.8) is 0 Å². The lowest BCUT2D eigenvalue weighted by Crippen LogP contribution is -2.27. The first-order valence-electron chi connectivity index (χ1n) is 8.30. The van der Waals surface area contributed by atoms with E-state index in [-0.39, 0.29) is 17.4 Å². The smallest absolute Gasteiger partial charge is 0.270 e. The van der Waals surface area contributed by atoms with Gasteiger partial charge in [-0.2, -0.15) is 0 Å². The fourth-order valence-electron chi connectivity index (χ4n) is 2.50. The van der Waals surface area contributed by atoms with Crippen LogP contribution < -0.4 is 10.6 Å². The molecule has 0 fully saturated rings. The van der Waals surface area contributed by atoms with Crippen LogP contribution in [-0.4, -0.2) is 22.4 Å². The monoisotopic (exact) mass is 350 g/mol. The summed E-state index contributed by atoms with van der Waals surface area (Å²) >= 11 is 0. The number of nitrogens with one attached hydrogen (secondary N) is 2. The summed E-state index contributed by atoms with van der Waals surface area (Å²) in [6.45, 7) is 2.32. The van der Waals surface area contributed by atoms with E-state index >= 15 is 0 Å². The number of hydrogen-bond acceptors (Lipinski definition) is 4. The van der Waals surface area contributed by atoms with E-state index in [1.807, 2.05) is 31.2 Å². The molecule has 1 aromatic heterocycles. The zero-order chi connectivity index (χ0) is 18.4. The lowest BCUT2D eigenvalue weighted by atomic mass is 10.1. The number of amides is 1. The van der Waals surface area contributed by atoms with Crippen molar-refractivity contribution in [2.24, 2.45) is 0 Å². The van der Waals surface area contributed by atoms with Gasteiger partial charge in [0.2, 0.25) is 5.95 Å². The maximum absolute atomic E-state index is 13.6. The molecule has 3 rings (SSSR count). The maximum atomic E-state index is 13.6. The van der Waals surface area contributed by atoms with Crippen molar-refractivity contribution in [1.82, 2.24) is 15.3 Å². The molecule has 0 aliphatic heterocycles.